The van der Waals surface area contributed by atoms with Crippen molar-refractivity contribution in [2.45, 2.75) is 20.4 Å². The Balaban J connectivity index is 1.78. The van der Waals surface area contributed by atoms with E-state index in [1.54, 1.807) is 14.2 Å². The zero-order valence-electron chi connectivity index (χ0n) is 15.9. The van der Waals surface area contributed by atoms with E-state index in [4.69, 9.17) is 9.47 Å². The number of piperazine rings is 1. The molecule has 1 aromatic carbocycles. The summed E-state index contributed by atoms with van der Waals surface area (Å²) < 4.78 is 10.7. The summed E-state index contributed by atoms with van der Waals surface area (Å²) in [5, 5.41) is 2.98. The van der Waals surface area contributed by atoms with Crippen LogP contribution in [0.4, 0.5) is 0 Å². The van der Waals surface area contributed by atoms with Gasteiger partial charge in [-0.15, -0.1) is 0 Å². The molecule has 0 saturated carbocycles. The van der Waals surface area contributed by atoms with Crippen molar-refractivity contribution in [2.75, 3.05) is 53.5 Å². The number of benzene rings is 1. The molecule has 0 atom stereocenters. The number of methoxy groups -OCH3 is 2. The molecule has 1 N–H and O–H groups in total. The highest BCUT2D eigenvalue weighted by atomic mass is 16.5. The van der Waals surface area contributed by atoms with E-state index < -0.39 is 0 Å². The van der Waals surface area contributed by atoms with E-state index in [0.29, 0.717) is 12.5 Å². The van der Waals surface area contributed by atoms with Gasteiger partial charge in [0, 0.05) is 39.3 Å². The maximum Gasteiger partial charge on any atom is 0.234 e. The molecule has 6 heteroatoms. The minimum Gasteiger partial charge on any atom is -0.493 e. The van der Waals surface area contributed by atoms with Crippen LogP contribution in [0.1, 0.15) is 19.4 Å². The van der Waals surface area contributed by atoms with Crippen LogP contribution in [0.5, 0.6) is 11.5 Å². The number of hydrogen-bond acceptors (Lipinski definition) is 5. The molecule has 0 unspecified atom stereocenters. The first-order valence-corrected chi connectivity index (χ1v) is 8.94. The molecule has 6 nitrogen and oxygen atoms in total. The molecule has 1 fully saturated rings. The molecule has 25 heavy (non-hydrogen) atoms. The van der Waals surface area contributed by atoms with Gasteiger partial charge in [-0.3, -0.25) is 14.6 Å². The minimum atomic E-state index is 0.127. The molecule has 1 heterocycles. The molecular weight excluding hydrogens is 318 g/mol. The van der Waals surface area contributed by atoms with E-state index in [1.807, 2.05) is 12.1 Å². The smallest absolute Gasteiger partial charge is 0.234 e. The predicted octanol–water partition coefficient (Wildman–Crippen LogP) is 1.59. The second kappa shape index (κ2) is 9.63. The van der Waals surface area contributed by atoms with Crippen LogP contribution in [0.3, 0.4) is 0 Å². The number of carbonyl (C=O) groups excluding carboxylic acids is 1. The van der Waals surface area contributed by atoms with Gasteiger partial charge in [-0.05, 0) is 23.6 Å². The normalized spacial score (nSPS) is 16.0. The molecule has 0 bridgehead atoms. The summed E-state index contributed by atoms with van der Waals surface area (Å²) >= 11 is 0. The van der Waals surface area contributed by atoms with Crippen LogP contribution in [0.25, 0.3) is 0 Å². The van der Waals surface area contributed by atoms with Crippen LogP contribution in [-0.2, 0) is 11.3 Å². The summed E-state index contributed by atoms with van der Waals surface area (Å²) in [5.41, 5.74) is 1.21. The van der Waals surface area contributed by atoms with Crippen molar-refractivity contribution in [1.29, 1.82) is 0 Å². The van der Waals surface area contributed by atoms with Gasteiger partial charge in [-0.2, -0.15) is 0 Å². The van der Waals surface area contributed by atoms with E-state index in [1.165, 1.54) is 5.56 Å². The molecule has 0 aliphatic carbocycles. The second-order valence-electron chi connectivity index (χ2n) is 6.94. The molecule has 1 saturated heterocycles. The summed E-state index contributed by atoms with van der Waals surface area (Å²) in [4.78, 5) is 16.6. The van der Waals surface area contributed by atoms with E-state index in [0.717, 1.165) is 50.8 Å². The average Bonchev–Trinajstić information content (AvgIpc) is 2.61. The van der Waals surface area contributed by atoms with Crippen molar-refractivity contribution >= 4 is 5.91 Å². The summed E-state index contributed by atoms with van der Waals surface area (Å²) in [6.07, 6.45) is 0. The topological polar surface area (TPSA) is 54.0 Å². The Morgan fingerprint density at radius 1 is 1.08 bits per heavy atom. The summed E-state index contributed by atoms with van der Waals surface area (Å²) in [6, 6.07) is 6.06. The number of carbonyl (C=O) groups is 1. The number of nitrogens with zero attached hydrogens (tertiary/aromatic N) is 2. The monoisotopic (exact) mass is 349 g/mol. The Morgan fingerprint density at radius 2 is 1.72 bits per heavy atom. The first kappa shape index (κ1) is 19.5. The van der Waals surface area contributed by atoms with Gasteiger partial charge < -0.3 is 14.8 Å². The standard InChI is InChI=1S/C19H31N3O3/c1-15(2)12-20-19(23)14-22-9-7-21(8-10-22)13-16-5-6-17(24-3)18(11-16)25-4/h5-6,11,15H,7-10,12-14H2,1-4H3,(H,20,23). The maximum atomic E-state index is 11.9. The lowest BCUT2D eigenvalue weighted by molar-refractivity contribution is -0.122. The lowest BCUT2D eigenvalue weighted by Crippen LogP contribution is -2.49. The molecule has 1 aromatic rings. The van der Waals surface area contributed by atoms with Gasteiger partial charge in [0.05, 0.1) is 20.8 Å². The molecule has 0 radical (unpaired) electrons. The highest BCUT2D eigenvalue weighted by molar-refractivity contribution is 5.78. The first-order valence-electron chi connectivity index (χ1n) is 8.94. The van der Waals surface area contributed by atoms with Gasteiger partial charge >= 0.3 is 0 Å². The Hall–Kier alpha value is -1.79. The van der Waals surface area contributed by atoms with E-state index >= 15 is 0 Å². The molecule has 140 valence electrons. The van der Waals surface area contributed by atoms with Crippen LogP contribution < -0.4 is 14.8 Å². The number of ether oxygens (including phenoxy) is 2. The van der Waals surface area contributed by atoms with E-state index in [2.05, 4.69) is 35.0 Å². The summed E-state index contributed by atoms with van der Waals surface area (Å²) in [5.74, 6) is 2.13. The fourth-order valence-corrected chi connectivity index (χ4v) is 2.92. The van der Waals surface area contributed by atoms with Crippen LogP contribution in [0, 0.1) is 5.92 Å². The van der Waals surface area contributed by atoms with Crippen LogP contribution in [0.15, 0.2) is 18.2 Å². The van der Waals surface area contributed by atoms with E-state index in [9.17, 15) is 4.79 Å². The Kier molecular flexibility index (Phi) is 7.52. The molecule has 1 amide bonds. The zero-order chi connectivity index (χ0) is 18.2. The van der Waals surface area contributed by atoms with Crippen molar-refractivity contribution in [3.63, 3.8) is 0 Å². The van der Waals surface area contributed by atoms with Gasteiger partial charge in [0.2, 0.25) is 5.91 Å². The minimum absolute atomic E-state index is 0.127. The fraction of sp³-hybridized carbons (Fsp3) is 0.632. The third kappa shape index (κ3) is 6.21. The van der Waals surface area contributed by atoms with Crippen LogP contribution in [0.2, 0.25) is 0 Å². The van der Waals surface area contributed by atoms with Crippen molar-refractivity contribution in [3.05, 3.63) is 23.8 Å². The molecule has 1 aliphatic heterocycles. The van der Waals surface area contributed by atoms with Crippen LogP contribution >= 0.6 is 0 Å². The highest BCUT2D eigenvalue weighted by Crippen LogP contribution is 2.28. The quantitative estimate of drug-likeness (QED) is 0.772. The van der Waals surface area contributed by atoms with Crippen molar-refractivity contribution in [1.82, 2.24) is 15.1 Å². The molecule has 0 spiro atoms. The maximum absolute atomic E-state index is 11.9. The van der Waals surface area contributed by atoms with Gasteiger partial charge in [0.1, 0.15) is 0 Å². The third-order valence-corrected chi connectivity index (χ3v) is 4.39. The van der Waals surface area contributed by atoms with E-state index in [-0.39, 0.29) is 5.91 Å². The molecular formula is C19H31N3O3. The number of amides is 1. The summed E-state index contributed by atoms with van der Waals surface area (Å²) in [6.45, 7) is 10.1. The SMILES string of the molecule is COc1ccc(CN2CCN(CC(=O)NCC(C)C)CC2)cc1OC. The van der Waals surface area contributed by atoms with Crippen LogP contribution in [-0.4, -0.2) is 69.2 Å². The first-order chi connectivity index (χ1) is 12.0. The number of nitrogens with one attached hydrogen (secondary N) is 1. The average molecular weight is 349 g/mol. The van der Waals surface area contributed by atoms with Gasteiger partial charge in [-0.25, -0.2) is 0 Å². The highest BCUT2D eigenvalue weighted by Gasteiger charge is 2.19. The Bertz CT molecular complexity index is 555. The van der Waals surface area contributed by atoms with Gasteiger partial charge in [-0.1, -0.05) is 19.9 Å². The van der Waals surface area contributed by atoms with Crippen molar-refractivity contribution in [2.24, 2.45) is 5.92 Å². The van der Waals surface area contributed by atoms with Crippen molar-refractivity contribution < 1.29 is 14.3 Å². The second-order valence-corrected chi connectivity index (χ2v) is 6.94. The fourth-order valence-electron chi connectivity index (χ4n) is 2.92. The zero-order valence-corrected chi connectivity index (χ0v) is 15.9. The third-order valence-electron chi connectivity index (χ3n) is 4.39. The van der Waals surface area contributed by atoms with Crippen molar-refractivity contribution in [3.8, 4) is 11.5 Å². The molecule has 1 aliphatic rings. The lowest BCUT2D eigenvalue weighted by atomic mass is 10.1. The number of hydrogen-bond donors (Lipinski definition) is 1. The molecule has 0 aromatic heterocycles. The molecule has 2 rings (SSSR count). The number of rotatable bonds is 8. The Labute approximate surface area is 151 Å². The lowest BCUT2D eigenvalue weighted by Gasteiger charge is -2.34. The predicted molar refractivity (Wildman–Crippen MR) is 99.1 cm³/mol. The Morgan fingerprint density at radius 3 is 2.32 bits per heavy atom. The van der Waals surface area contributed by atoms with Gasteiger partial charge in [0.25, 0.3) is 0 Å². The summed E-state index contributed by atoms with van der Waals surface area (Å²) in [7, 11) is 3.30. The van der Waals surface area contributed by atoms with Gasteiger partial charge in [0.15, 0.2) is 11.5 Å². The largest absolute Gasteiger partial charge is 0.493 e.